The molecule has 1 heterocycles. The first-order valence-corrected chi connectivity index (χ1v) is 10.6. The molecule has 5 nitrogen and oxygen atoms in total. The van der Waals surface area contributed by atoms with Crippen LogP contribution in [0.15, 0.2) is 54.6 Å². The monoisotopic (exact) mass is 441 g/mol. The van der Waals surface area contributed by atoms with Crippen molar-refractivity contribution in [3.8, 4) is 0 Å². The Labute approximate surface area is 187 Å². The molecule has 1 aliphatic heterocycles. The molecule has 0 aromatic heterocycles. The third kappa shape index (κ3) is 4.72. The molecular weight excluding hydrogens is 412 g/mol. The number of benzene rings is 2. The van der Waals surface area contributed by atoms with Gasteiger partial charge in [-0.15, -0.1) is 0 Å². The van der Waals surface area contributed by atoms with E-state index in [1.807, 2.05) is 44.2 Å². The summed E-state index contributed by atoms with van der Waals surface area (Å²) in [7, 11) is 0. The van der Waals surface area contributed by atoms with Crippen LogP contribution in [-0.4, -0.2) is 35.3 Å². The fourth-order valence-electron chi connectivity index (χ4n) is 3.75. The van der Waals surface area contributed by atoms with Gasteiger partial charge >= 0.3 is 0 Å². The van der Waals surface area contributed by atoms with Gasteiger partial charge in [0.2, 0.25) is 11.8 Å². The minimum absolute atomic E-state index is 0.0499. The first-order valence-electron chi connectivity index (χ1n) is 10.6. The second-order valence-corrected chi connectivity index (χ2v) is 8.97. The lowest BCUT2D eigenvalue weighted by molar-refractivity contribution is -0.142. The van der Waals surface area contributed by atoms with Crippen LogP contribution in [0.25, 0.3) is 5.57 Å². The molecule has 0 saturated heterocycles. The van der Waals surface area contributed by atoms with E-state index in [0.29, 0.717) is 5.57 Å². The lowest BCUT2D eigenvalue weighted by Crippen LogP contribution is -2.57. The third-order valence-electron chi connectivity index (χ3n) is 5.78. The van der Waals surface area contributed by atoms with Gasteiger partial charge in [0.1, 0.15) is 11.6 Å². The largest absolute Gasteiger partial charge is 0.353 e. The molecule has 7 heteroatoms. The van der Waals surface area contributed by atoms with Crippen molar-refractivity contribution in [3.63, 3.8) is 0 Å². The van der Waals surface area contributed by atoms with E-state index in [2.05, 4.69) is 5.32 Å². The van der Waals surface area contributed by atoms with Gasteiger partial charge in [-0.2, -0.15) is 0 Å². The number of carbonyl (C=O) groups excluding carboxylic acids is 2. The second-order valence-electron chi connectivity index (χ2n) is 8.97. The number of nitrogens with zero attached hydrogens (tertiary/aromatic N) is 1. The fourth-order valence-corrected chi connectivity index (χ4v) is 3.75. The maximum absolute atomic E-state index is 14.5. The summed E-state index contributed by atoms with van der Waals surface area (Å²) in [6, 6.07) is 10.7. The number of hydrogen-bond acceptors (Lipinski definition) is 3. The number of nitrogens with two attached hydrogens (primary N) is 1. The lowest BCUT2D eigenvalue weighted by Gasteiger charge is -2.35. The molecular formula is C25H29F2N3O2. The molecule has 0 aliphatic carbocycles. The summed E-state index contributed by atoms with van der Waals surface area (Å²) in [5.74, 6) is -1.90. The highest BCUT2D eigenvalue weighted by Gasteiger charge is 2.43. The van der Waals surface area contributed by atoms with Crippen LogP contribution in [-0.2, 0) is 9.59 Å². The van der Waals surface area contributed by atoms with Gasteiger partial charge in [0.15, 0.2) is 0 Å². The van der Waals surface area contributed by atoms with Crippen LogP contribution >= 0.6 is 0 Å². The highest BCUT2D eigenvalue weighted by molar-refractivity contribution is 5.94. The van der Waals surface area contributed by atoms with Crippen molar-refractivity contribution >= 4 is 17.4 Å². The Morgan fingerprint density at radius 3 is 2.41 bits per heavy atom. The minimum atomic E-state index is -1.17. The number of hydrogen-bond donors (Lipinski definition) is 2. The van der Waals surface area contributed by atoms with Crippen LogP contribution in [0.5, 0.6) is 0 Å². The zero-order valence-electron chi connectivity index (χ0n) is 18.7. The van der Waals surface area contributed by atoms with Crippen LogP contribution in [0.2, 0.25) is 0 Å². The Bertz CT molecular complexity index is 1030. The van der Waals surface area contributed by atoms with Crippen LogP contribution in [0.3, 0.4) is 0 Å². The van der Waals surface area contributed by atoms with Crippen molar-refractivity contribution in [2.24, 2.45) is 11.1 Å². The highest BCUT2D eigenvalue weighted by atomic mass is 19.1. The Hall–Kier alpha value is -3.06. The van der Waals surface area contributed by atoms with Gasteiger partial charge in [0.25, 0.3) is 0 Å². The van der Waals surface area contributed by atoms with E-state index < -0.39 is 35.0 Å². The van der Waals surface area contributed by atoms with Crippen molar-refractivity contribution in [2.45, 2.75) is 45.8 Å². The standard InChI is InChI=1S/C25H29F2N3O2/c1-15(2)29-24(32)25(3,4)22(28)23(31)30-14-17(19-13-18(26)10-11-20(19)27)12-21(30)16-8-6-5-7-9-16/h5-13,15,21-22H,14,28H2,1-4H3,(H,29,32)/t21-,22+/m0/s1. The summed E-state index contributed by atoms with van der Waals surface area (Å²) in [6.45, 7) is 6.96. The van der Waals surface area contributed by atoms with Crippen LogP contribution in [0.1, 0.15) is 44.9 Å². The topological polar surface area (TPSA) is 75.4 Å². The van der Waals surface area contributed by atoms with Crippen molar-refractivity contribution in [3.05, 3.63) is 77.4 Å². The SMILES string of the molecule is CC(C)NC(=O)C(C)(C)[C@H](N)C(=O)N1CC(c2cc(F)ccc2F)=C[C@H]1c1ccccc1. The summed E-state index contributed by atoms with van der Waals surface area (Å²) >= 11 is 0. The molecule has 0 radical (unpaired) electrons. The zero-order valence-corrected chi connectivity index (χ0v) is 18.7. The number of nitrogens with one attached hydrogen (secondary N) is 1. The molecule has 0 saturated carbocycles. The molecule has 32 heavy (non-hydrogen) atoms. The smallest absolute Gasteiger partial charge is 0.241 e. The maximum Gasteiger partial charge on any atom is 0.241 e. The Kier molecular flexibility index (Phi) is 6.79. The lowest BCUT2D eigenvalue weighted by atomic mass is 9.82. The Morgan fingerprint density at radius 2 is 1.78 bits per heavy atom. The van der Waals surface area contributed by atoms with Crippen LogP contribution < -0.4 is 11.1 Å². The van der Waals surface area contributed by atoms with E-state index in [9.17, 15) is 18.4 Å². The van der Waals surface area contributed by atoms with Gasteiger partial charge in [-0.3, -0.25) is 9.59 Å². The molecule has 2 aromatic carbocycles. The Balaban J connectivity index is 1.96. The van der Waals surface area contributed by atoms with Crippen molar-refractivity contribution in [2.75, 3.05) is 6.54 Å². The third-order valence-corrected chi connectivity index (χ3v) is 5.78. The molecule has 0 fully saturated rings. The summed E-state index contributed by atoms with van der Waals surface area (Å²) < 4.78 is 28.3. The zero-order chi connectivity index (χ0) is 23.6. The average molecular weight is 442 g/mol. The van der Waals surface area contributed by atoms with Gasteiger partial charge in [-0.25, -0.2) is 8.78 Å². The maximum atomic E-state index is 14.5. The van der Waals surface area contributed by atoms with Gasteiger partial charge in [-0.05, 0) is 57.0 Å². The van der Waals surface area contributed by atoms with Crippen molar-refractivity contribution in [1.82, 2.24) is 10.2 Å². The van der Waals surface area contributed by atoms with Crippen LogP contribution in [0, 0.1) is 17.0 Å². The number of rotatable bonds is 6. The molecule has 2 amide bonds. The molecule has 0 unspecified atom stereocenters. The summed E-state index contributed by atoms with van der Waals surface area (Å²) in [5.41, 5.74) is 6.55. The van der Waals surface area contributed by atoms with Gasteiger partial charge in [0.05, 0.1) is 17.5 Å². The van der Waals surface area contributed by atoms with Gasteiger partial charge < -0.3 is 16.0 Å². The quantitative estimate of drug-likeness (QED) is 0.716. The predicted molar refractivity (Wildman–Crippen MR) is 120 cm³/mol. The fraction of sp³-hybridized carbons (Fsp3) is 0.360. The Morgan fingerprint density at radius 1 is 1.12 bits per heavy atom. The highest BCUT2D eigenvalue weighted by Crippen LogP contribution is 2.37. The molecule has 2 aromatic rings. The molecule has 3 rings (SSSR count). The average Bonchev–Trinajstić information content (AvgIpc) is 3.19. The summed E-state index contributed by atoms with van der Waals surface area (Å²) in [5, 5.41) is 2.81. The molecule has 0 bridgehead atoms. The van der Waals surface area contributed by atoms with E-state index in [0.717, 1.165) is 23.8 Å². The summed E-state index contributed by atoms with van der Waals surface area (Å²) in [6.07, 6.45) is 1.75. The number of halogens is 2. The molecule has 3 N–H and O–H groups in total. The second kappa shape index (κ2) is 9.20. The van der Waals surface area contributed by atoms with E-state index in [1.54, 1.807) is 19.9 Å². The number of carbonyl (C=O) groups is 2. The predicted octanol–water partition coefficient (Wildman–Crippen LogP) is 3.81. The van der Waals surface area contributed by atoms with Crippen molar-refractivity contribution < 1.29 is 18.4 Å². The van der Waals surface area contributed by atoms with E-state index >= 15 is 0 Å². The normalized spacial score (nSPS) is 17.3. The minimum Gasteiger partial charge on any atom is -0.353 e. The molecule has 170 valence electrons. The number of amides is 2. The molecule has 2 atom stereocenters. The van der Waals surface area contributed by atoms with E-state index in [1.165, 1.54) is 4.90 Å². The van der Waals surface area contributed by atoms with Crippen LogP contribution in [0.4, 0.5) is 8.78 Å². The van der Waals surface area contributed by atoms with Gasteiger partial charge in [-0.1, -0.05) is 36.4 Å². The first kappa shape index (κ1) is 23.6. The van der Waals surface area contributed by atoms with E-state index in [4.69, 9.17) is 5.73 Å². The van der Waals surface area contributed by atoms with E-state index in [-0.39, 0.29) is 24.1 Å². The molecule has 0 spiro atoms. The first-order chi connectivity index (χ1) is 15.0. The van der Waals surface area contributed by atoms with Gasteiger partial charge in [0, 0.05) is 18.2 Å². The van der Waals surface area contributed by atoms with Crippen molar-refractivity contribution in [1.29, 1.82) is 0 Å². The summed E-state index contributed by atoms with van der Waals surface area (Å²) in [4.78, 5) is 27.7. The molecule has 1 aliphatic rings.